The largest absolute Gasteiger partial charge is 0.294 e. The highest BCUT2D eigenvalue weighted by molar-refractivity contribution is 5.98. The molecule has 3 aliphatic rings. The third kappa shape index (κ3) is 4.27. The number of fused-ring (bicyclic) bond motifs is 2. The molecule has 3 aliphatic carbocycles. The van der Waals surface area contributed by atoms with Crippen LogP contribution in [0.25, 0.3) is 0 Å². The van der Waals surface area contributed by atoms with Crippen LogP contribution < -0.4 is 0 Å². The summed E-state index contributed by atoms with van der Waals surface area (Å²) in [7, 11) is 0. The van der Waals surface area contributed by atoms with Crippen molar-refractivity contribution in [1.82, 2.24) is 0 Å². The molecule has 2 aromatic carbocycles. The molecule has 5 rings (SSSR count). The van der Waals surface area contributed by atoms with Gasteiger partial charge in [0, 0.05) is 12.0 Å². The summed E-state index contributed by atoms with van der Waals surface area (Å²) in [5.41, 5.74) is 6.16. The molecule has 3 fully saturated rings. The number of rotatable bonds is 8. The van der Waals surface area contributed by atoms with Crippen molar-refractivity contribution in [2.24, 2.45) is 23.7 Å². The Labute approximate surface area is 182 Å². The van der Waals surface area contributed by atoms with Gasteiger partial charge in [0.05, 0.1) is 0 Å². The third-order valence-corrected chi connectivity index (χ3v) is 8.34. The average molecular weight is 401 g/mol. The van der Waals surface area contributed by atoms with Crippen LogP contribution in [0, 0.1) is 37.5 Å². The van der Waals surface area contributed by atoms with Gasteiger partial charge in [-0.15, -0.1) is 0 Å². The predicted molar refractivity (Wildman–Crippen MR) is 124 cm³/mol. The molecule has 158 valence electrons. The number of aryl methyl sites for hydroxylation is 3. The number of carbonyl (C=O) groups excluding carboxylic acids is 1. The molecule has 30 heavy (non-hydrogen) atoms. The van der Waals surface area contributed by atoms with Crippen LogP contribution >= 0.6 is 0 Å². The van der Waals surface area contributed by atoms with E-state index in [2.05, 4.69) is 50.2 Å². The van der Waals surface area contributed by atoms with Crippen molar-refractivity contribution in [2.45, 2.75) is 77.6 Å². The molecule has 2 aromatic rings. The van der Waals surface area contributed by atoms with Crippen molar-refractivity contribution < 1.29 is 4.79 Å². The molecular formula is C29H36O. The Kier molecular flexibility index (Phi) is 5.56. The van der Waals surface area contributed by atoms with Crippen molar-refractivity contribution in [3.8, 4) is 0 Å². The highest BCUT2D eigenvalue weighted by atomic mass is 16.1. The third-order valence-electron chi connectivity index (χ3n) is 8.34. The van der Waals surface area contributed by atoms with E-state index >= 15 is 0 Å². The monoisotopic (exact) mass is 400 g/mol. The summed E-state index contributed by atoms with van der Waals surface area (Å²) in [4.78, 5) is 13.4. The van der Waals surface area contributed by atoms with Crippen molar-refractivity contribution in [3.05, 3.63) is 70.3 Å². The van der Waals surface area contributed by atoms with Crippen LogP contribution in [0.3, 0.4) is 0 Å². The van der Waals surface area contributed by atoms with E-state index in [1.54, 1.807) is 0 Å². The van der Waals surface area contributed by atoms with E-state index in [0.29, 0.717) is 24.0 Å². The molecule has 0 amide bonds. The zero-order valence-electron chi connectivity index (χ0n) is 18.7. The van der Waals surface area contributed by atoms with E-state index in [1.165, 1.54) is 68.1 Å². The fourth-order valence-corrected chi connectivity index (χ4v) is 6.45. The summed E-state index contributed by atoms with van der Waals surface area (Å²) in [5.74, 6) is 4.14. The Morgan fingerprint density at radius 2 is 1.77 bits per heavy atom. The van der Waals surface area contributed by atoms with Gasteiger partial charge < -0.3 is 0 Å². The zero-order valence-corrected chi connectivity index (χ0v) is 18.7. The molecule has 4 atom stereocenters. The molecule has 0 spiro atoms. The molecule has 0 aliphatic heterocycles. The van der Waals surface area contributed by atoms with Crippen molar-refractivity contribution >= 4 is 5.78 Å². The quantitative estimate of drug-likeness (QED) is 0.421. The molecule has 0 N–H and O–H groups in total. The fraction of sp³-hybridized carbons (Fsp3) is 0.552. The summed E-state index contributed by atoms with van der Waals surface area (Å²) < 4.78 is 0. The second kappa shape index (κ2) is 8.33. The number of ketones is 1. The van der Waals surface area contributed by atoms with Crippen molar-refractivity contribution in [1.29, 1.82) is 0 Å². The number of benzene rings is 2. The summed E-state index contributed by atoms with van der Waals surface area (Å²) in [6, 6.07) is 15.7. The smallest absolute Gasteiger partial charge is 0.163 e. The van der Waals surface area contributed by atoms with E-state index in [-0.39, 0.29) is 0 Å². The van der Waals surface area contributed by atoms with Crippen LogP contribution in [0.1, 0.15) is 89.9 Å². The first kappa shape index (κ1) is 20.0. The molecule has 3 saturated carbocycles. The lowest BCUT2D eigenvalue weighted by Gasteiger charge is -2.31. The number of Topliss-reactive ketones (excluding diaryl/α,β-unsaturated/α-hetero) is 1. The highest BCUT2D eigenvalue weighted by Crippen LogP contribution is 2.54. The second-order valence-electron chi connectivity index (χ2n) is 10.6. The minimum Gasteiger partial charge on any atom is -0.294 e. The molecule has 2 bridgehead atoms. The minimum absolute atomic E-state index is 0.332. The summed E-state index contributed by atoms with van der Waals surface area (Å²) >= 11 is 0. The van der Waals surface area contributed by atoms with Gasteiger partial charge in [0.1, 0.15) is 0 Å². The normalized spacial score (nSPS) is 26.1. The van der Waals surface area contributed by atoms with Gasteiger partial charge in [-0.1, -0.05) is 67.3 Å². The van der Waals surface area contributed by atoms with Crippen LogP contribution in [0.5, 0.6) is 0 Å². The van der Waals surface area contributed by atoms with Gasteiger partial charge >= 0.3 is 0 Å². The van der Waals surface area contributed by atoms with Crippen LogP contribution in [-0.2, 0) is 6.42 Å². The average Bonchev–Trinajstić information content (AvgIpc) is 3.33. The van der Waals surface area contributed by atoms with Crippen LogP contribution in [0.15, 0.2) is 42.5 Å². The van der Waals surface area contributed by atoms with Gasteiger partial charge in [0.25, 0.3) is 0 Å². The SMILES string of the molecule is Cc1ccc(C(=O)C[C@@H](c2ccc(CCC3CC3)cc2)C2C[C@@H]3CC[C@H]2C3)c(C)c1. The maximum atomic E-state index is 13.4. The summed E-state index contributed by atoms with van der Waals surface area (Å²) in [6.45, 7) is 4.19. The molecule has 0 heterocycles. The zero-order chi connectivity index (χ0) is 20.7. The fourth-order valence-electron chi connectivity index (χ4n) is 6.45. The van der Waals surface area contributed by atoms with Gasteiger partial charge in [-0.25, -0.2) is 0 Å². The maximum absolute atomic E-state index is 13.4. The van der Waals surface area contributed by atoms with Crippen LogP contribution in [0.2, 0.25) is 0 Å². The van der Waals surface area contributed by atoms with Crippen molar-refractivity contribution in [2.75, 3.05) is 0 Å². The van der Waals surface area contributed by atoms with Crippen LogP contribution in [0.4, 0.5) is 0 Å². The molecule has 1 nitrogen and oxygen atoms in total. The van der Waals surface area contributed by atoms with E-state index in [4.69, 9.17) is 0 Å². The standard InChI is InChI=1S/C29H36O/c1-19-3-14-26(20(2)15-19)29(30)18-28(27-17-23-10-13-25(27)16-23)24-11-8-22(9-12-24)7-6-21-4-5-21/h3,8-9,11-12,14-15,21,23,25,27-28H,4-7,10,13,16-18H2,1-2H3/t23-,25+,27?,28+/m1/s1. The van der Waals surface area contributed by atoms with E-state index in [9.17, 15) is 4.79 Å². The van der Waals surface area contributed by atoms with Gasteiger partial charge in [0.15, 0.2) is 5.78 Å². The first-order valence-corrected chi connectivity index (χ1v) is 12.3. The molecular weight excluding hydrogens is 364 g/mol. The summed E-state index contributed by atoms with van der Waals surface area (Å²) in [5, 5.41) is 0. The van der Waals surface area contributed by atoms with Gasteiger partial charge in [-0.2, -0.15) is 0 Å². The maximum Gasteiger partial charge on any atom is 0.163 e. The predicted octanol–water partition coefficient (Wildman–Crippen LogP) is 7.44. The first-order chi connectivity index (χ1) is 14.6. The van der Waals surface area contributed by atoms with Gasteiger partial charge in [-0.3, -0.25) is 4.79 Å². The van der Waals surface area contributed by atoms with E-state index in [1.807, 2.05) is 6.07 Å². The van der Waals surface area contributed by atoms with E-state index < -0.39 is 0 Å². The Hall–Kier alpha value is -1.89. The lowest BCUT2D eigenvalue weighted by atomic mass is 9.73. The summed E-state index contributed by atoms with van der Waals surface area (Å²) in [6.07, 6.45) is 11.6. The Morgan fingerprint density at radius 3 is 2.40 bits per heavy atom. The number of carbonyl (C=O) groups is 1. The lowest BCUT2D eigenvalue weighted by molar-refractivity contribution is 0.0954. The van der Waals surface area contributed by atoms with E-state index in [0.717, 1.165) is 28.9 Å². The second-order valence-corrected chi connectivity index (χ2v) is 10.6. The number of hydrogen-bond acceptors (Lipinski definition) is 1. The Morgan fingerprint density at radius 1 is 0.967 bits per heavy atom. The number of hydrogen-bond donors (Lipinski definition) is 0. The molecule has 0 radical (unpaired) electrons. The van der Waals surface area contributed by atoms with Gasteiger partial charge in [0.2, 0.25) is 0 Å². The molecule has 1 unspecified atom stereocenters. The molecule has 1 heteroatoms. The Bertz CT molecular complexity index is 904. The van der Waals surface area contributed by atoms with Crippen molar-refractivity contribution in [3.63, 3.8) is 0 Å². The first-order valence-electron chi connectivity index (χ1n) is 12.3. The lowest BCUT2D eigenvalue weighted by Crippen LogP contribution is -2.22. The van der Waals surface area contributed by atoms with Crippen LogP contribution in [-0.4, -0.2) is 5.78 Å². The van der Waals surface area contributed by atoms with Gasteiger partial charge in [-0.05, 0) is 92.2 Å². The molecule has 0 saturated heterocycles. The highest BCUT2D eigenvalue weighted by Gasteiger charge is 2.43. The molecule has 0 aromatic heterocycles. The minimum atomic E-state index is 0.332. The topological polar surface area (TPSA) is 17.1 Å². The Balaban J connectivity index is 1.37.